The van der Waals surface area contributed by atoms with E-state index in [2.05, 4.69) is 0 Å². The molecule has 0 amide bonds. The van der Waals surface area contributed by atoms with Gasteiger partial charge in [0.1, 0.15) is 6.61 Å². The molecule has 0 aromatic carbocycles. The molecule has 7 nitrogen and oxygen atoms in total. The Morgan fingerprint density at radius 2 is 1.48 bits per heavy atom. The second kappa shape index (κ2) is 7.40. The maximum atomic E-state index is 11.2. The normalized spacial score (nSPS) is 32.1. The number of carbonyl (C=O) groups is 3. The maximum Gasteiger partial charge on any atom is 0.305 e. The van der Waals surface area contributed by atoms with Gasteiger partial charge in [-0.1, -0.05) is 13.8 Å². The predicted molar refractivity (Wildman–Crippen MR) is 70.9 cm³/mol. The summed E-state index contributed by atoms with van der Waals surface area (Å²) in [6.07, 6.45) is -2.12. The van der Waals surface area contributed by atoms with Gasteiger partial charge < -0.3 is 18.9 Å². The Hall–Kier alpha value is -1.63. The first-order valence-electron chi connectivity index (χ1n) is 6.85. The molecule has 5 atom stereocenters. The molecule has 1 rings (SSSR count). The molecular formula is C14H22O7. The van der Waals surface area contributed by atoms with Gasteiger partial charge in [0.2, 0.25) is 6.29 Å². The van der Waals surface area contributed by atoms with Gasteiger partial charge in [-0.15, -0.1) is 0 Å². The number of carbonyl (C=O) groups excluding carboxylic acids is 3. The molecule has 1 fully saturated rings. The average Bonchev–Trinajstić information content (AvgIpc) is 2.35. The molecule has 0 aromatic heterocycles. The van der Waals surface area contributed by atoms with E-state index >= 15 is 0 Å². The molecule has 0 saturated carbocycles. The molecule has 0 radical (unpaired) electrons. The third-order valence-corrected chi connectivity index (χ3v) is 3.55. The fourth-order valence-electron chi connectivity index (χ4n) is 2.26. The third-order valence-electron chi connectivity index (χ3n) is 3.55. The van der Waals surface area contributed by atoms with Crippen molar-refractivity contribution >= 4 is 17.9 Å². The predicted octanol–water partition coefficient (Wildman–Crippen LogP) is 1.04. The van der Waals surface area contributed by atoms with E-state index < -0.39 is 36.4 Å². The van der Waals surface area contributed by atoms with Crippen molar-refractivity contribution in [1.82, 2.24) is 0 Å². The Balaban J connectivity index is 2.84. The second-order valence-corrected chi connectivity index (χ2v) is 5.25. The molecule has 0 N–H and O–H groups in total. The highest BCUT2D eigenvalue weighted by molar-refractivity contribution is 5.67. The van der Waals surface area contributed by atoms with Crippen LogP contribution in [0, 0.1) is 11.8 Å². The van der Waals surface area contributed by atoms with Crippen molar-refractivity contribution in [2.75, 3.05) is 6.61 Å². The van der Waals surface area contributed by atoms with E-state index in [9.17, 15) is 14.4 Å². The fraction of sp³-hybridized carbons (Fsp3) is 0.786. The molecule has 0 aliphatic carbocycles. The minimum Gasteiger partial charge on any atom is -0.463 e. The first kappa shape index (κ1) is 17.4. The smallest absolute Gasteiger partial charge is 0.305 e. The molecule has 1 heterocycles. The highest BCUT2D eigenvalue weighted by Crippen LogP contribution is 2.33. The van der Waals surface area contributed by atoms with Gasteiger partial charge in [-0.3, -0.25) is 14.4 Å². The summed E-state index contributed by atoms with van der Waals surface area (Å²) in [7, 11) is 0. The lowest BCUT2D eigenvalue weighted by molar-refractivity contribution is -0.271. The van der Waals surface area contributed by atoms with E-state index in [1.807, 2.05) is 13.8 Å². The number of rotatable bonds is 4. The Morgan fingerprint density at radius 3 is 1.95 bits per heavy atom. The third kappa shape index (κ3) is 5.00. The highest BCUT2D eigenvalue weighted by atomic mass is 16.7. The van der Waals surface area contributed by atoms with E-state index in [0.717, 1.165) is 0 Å². The van der Waals surface area contributed by atoms with E-state index in [4.69, 9.17) is 18.9 Å². The molecule has 21 heavy (non-hydrogen) atoms. The van der Waals surface area contributed by atoms with Crippen molar-refractivity contribution in [3.63, 3.8) is 0 Å². The maximum absolute atomic E-state index is 11.2. The molecular weight excluding hydrogens is 280 g/mol. The summed E-state index contributed by atoms with van der Waals surface area (Å²) >= 11 is 0. The van der Waals surface area contributed by atoms with Crippen LogP contribution in [0.5, 0.6) is 0 Å². The van der Waals surface area contributed by atoms with Crippen LogP contribution < -0.4 is 0 Å². The molecule has 0 aromatic rings. The molecule has 3 unspecified atom stereocenters. The van der Waals surface area contributed by atoms with Crippen molar-refractivity contribution in [3.8, 4) is 0 Å². The molecule has 120 valence electrons. The molecule has 1 saturated heterocycles. The van der Waals surface area contributed by atoms with Gasteiger partial charge in [0.25, 0.3) is 0 Å². The van der Waals surface area contributed by atoms with Crippen LogP contribution in [0.25, 0.3) is 0 Å². The molecule has 1 aliphatic heterocycles. The topological polar surface area (TPSA) is 88.1 Å². The number of hydrogen-bond acceptors (Lipinski definition) is 7. The minimum absolute atomic E-state index is 0.0412. The Bertz CT molecular complexity index is 404. The van der Waals surface area contributed by atoms with Crippen LogP contribution in [0.1, 0.15) is 34.6 Å². The van der Waals surface area contributed by atoms with Crippen molar-refractivity contribution in [3.05, 3.63) is 0 Å². The summed E-state index contributed by atoms with van der Waals surface area (Å²) in [5, 5.41) is 0. The second-order valence-electron chi connectivity index (χ2n) is 5.25. The van der Waals surface area contributed by atoms with Crippen LogP contribution in [-0.4, -0.2) is 43.0 Å². The van der Waals surface area contributed by atoms with E-state index in [0.29, 0.717) is 0 Å². The lowest BCUT2D eigenvalue weighted by atomic mass is 9.83. The quantitative estimate of drug-likeness (QED) is 0.566. The standard InChI is InChI=1S/C14H22O7/c1-7-8(2)13(19-10(4)16)14(20-11(5)17)21-12(7)6-18-9(3)15/h7-8,12-14H,6H2,1-5H3/t7-,8-,12?,13?,14?/m0/s1. The molecule has 0 bridgehead atoms. The van der Waals surface area contributed by atoms with Crippen LogP contribution >= 0.6 is 0 Å². The van der Waals surface area contributed by atoms with Crippen LogP contribution in [-0.2, 0) is 33.3 Å². The highest BCUT2D eigenvalue weighted by Gasteiger charge is 2.45. The van der Waals surface area contributed by atoms with Crippen LogP contribution in [0.4, 0.5) is 0 Å². The summed E-state index contributed by atoms with van der Waals surface area (Å²) in [6, 6.07) is 0. The van der Waals surface area contributed by atoms with Crippen molar-refractivity contribution < 1.29 is 33.3 Å². The van der Waals surface area contributed by atoms with Gasteiger partial charge in [-0.05, 0) is 5.92 Å². The lowest BCUT2D eigenvalue weighted by Crippen LogP contribution is -2.53. The van der Waals surface area contributed by atoms with Gasteiger partial charge in [0, 0.05) is 26.7 Å². The SMILES string of the molecule is CC(=O)OCC1OC(OC(C)=O)C(OC(C)=O)[C@@H](C)[C@@H]1C. The van der Waals surface area contributed by atoms with Crippen molar-refractivity contribution in [2.24, 2.45) is 11.8 Å². The van der Waals surface area contributed by atoms with Crippen LogP contribution in [0.15, 0.2) is 0 Å². The monoisotopic (exact) mass is 302 g/mol. The van der Waals surface area contributed by atoms with Gasteiger partial charge in [-0.25, -0.2) is 0 Å². The molecule has 0 spiro atoms. The van der Waals surface area contributed by atoms with E-state index in [-0.39, 0.29) is 18.4 Å². The Morgan fingerprint density at radius 1 is 0.905 bits per heavy atom. The first-order valence-corrected chi connectivity index (χ1v) is 6.85. The van der Waals surface area contributed by atoms with E-state index in [1.165, 1.54) is 20.8 Å². The van der Waals surface area contributed by atoms with Gasteiger partial charge in [-0.2, -0.15) is 0 Å². The van der Waals surface area contributed by atoms with E-state index in [1.54, 1.807) is 0 Å². The Kier molecular flexibility index (Phi) is 6.14. The summed E-state index contributed by atoms with van der Waals surface area (Å²) in [6.45, 7) is 7.68. The average molecular weight is 302 g/mol. The largest absolute Gasteiger partial charge is 0.463 e. The first-order chi connectivity index (χ1) is 9.72. The Labute approximate surface area is 123 Å². The zero-order valence-electron chi connectivity index (χ0n) is 13.0. The number of ether oxygens (including phenoxy) is 4. The van der Waals surface area contributed by atoms with Crippen LogP contribution in [0.3, 0.4) is 0 Å². The van der Waals surface area contributed by atoms with Gasteiger partial charge >= 0.3 is 17.9 Å². The molecule has 1 aliphatic rings. The zero-order chi connectivity index (χ0) is 16.2. The lowest BCUT2D eigenvalue weighted by Gasteiger charge is -2.42. The summed E-state index contributed by atoms with van der Waals surface area (Å²) in [5.41, 5.74) is 0. The van der Waals surface area contributed by atoms with Crippen molar-refractivity contribution in [1.29, 1.82) is 0 Å². The number of hydrogen-bond donors (Lipinski definition) is 0. The van der Waals surface area contributed by atoms with Gasteiger partial charge in [0.05, 0.1) is 6.10 Å². The summed E-state index contributed by atoms with van der Waals surface area (Å²) in [5.74, 6) is -1.58. The fourth-order valence-corrected chi connectivity index (χ4v) is 2.26. The summed E-state index contributed by atoms with van der Waals surface area (Å²) < 4.78 is 20.9. The summed E-state index contributed by atoms with van der Waals surface area (Å²) in [4.78, 5) is 33.3. The minimum atomic E-state index is -1.00. The molecule has 7 heteroatoms. The van der Waals surface area contributed by atoms with Crippen LogP contribution in [0.2, 0.25) is 0 Å². The zero-order valence-corrected chi connectivity index (χ0v) is 13.0. The number of esters is 3. The van der Waals surface area contributed by atoms with Gasteiger partial charge in [0.15, 0.2) is 6.10 Å². The van der Waals surface area contributed by atoms with Crippen molar-refractivity contribution in [2.45, 2.75) is 53.1 Å².